The second-order valence-corrected chi connectivity index (χ2v) is 11.1. The van der Waals surface area contributed by atoms with Gasteiger partial charge in [0.2, 0.25) is 5.91 Å². The predicted molar refractivity (Wildman–Crippen MR) is 109 cm³/mol. The number of rotatable bonds is 5. The highest BCUT2D eigenvalue weighted by molar-refractivity contribution is 5.88. The van der Waals surface area contributed by atoms with Crippen LogP contribution in [0, 0.1) is 10.8 Å². The third-order valence-electron chi connectivity index (χ3n) is 8.37. The van der Waals surface area contributed by atoms with Crippen molar-refractivity contribution in [3.8, 4) is 0 Å². The Morgan fingerprint density at radius 1 is 1.09 bits per heavy atom. The van der Waals surface area contributed by atoms with E-state index in [9.17, 15) is 18.0 Å². The van der Waals surface area contributed by atoms with Crippen molar-refractivity contribution < 1.29 is 18.0 Å². The van der Waals surface area contributed by atoms with Gasteiger partial charge in [0.25, 0.3) is 0 Å². The monoisotopic (exact) mass is 459 g/mol. The first-order valence-corrected chi connectivity index (χ1v) is 11.6. The molecule has 2 aromatic heterocycles. The number of halogens is 3. The molecule has 6 fully saturated rings. The lowest BCUT2D eigenvalue weighted by Gasteiger charge is -2.71. The molecule has 5 aliphatic carbocycles. The van der Waals surface area contributed by atoms with E-state index in [4.69, 9.17) is 0 Å². The van der Waals surface area contributed by atoms with E-state index < -0.39 is 11.9 Å². The van der Waals surface area contributed by atoms with Crippen LogP contribution in [0.1, 0.15) is 74.1 Å². The van der Waals surface area contributed by atoms with Crippen LogP contribution < -0.4 is 5.32 Å². The molecule has 6 aliphatic rings. The molecule has 0 atom stereocenters. The number of aromatic nitrogens is 5. The molecule has 8 rings (SSSR count). The molecule has 174 valence electrons. The maximum absolute atomic E-state index is 13.1. The molecule has 0 unspecified atom stereocenters. The smallest absolute Gasteiger partial charge is 0.363 e. The van der Waals surface area contributed by atoms with E-state index in [0.29, 0.717) is 36.9 Å². The number of H-pyrrole nitrogens is 1. The van der Waals surface area contributed by atoms with Crippen molar-refractivity contribution in [2.24, 2.45) is 10.8 Å². The van der Waals surface area contributed by atoms with Gasteiger partial charge in [-0.3, -0.25) is 9.89 Å². The quantitative estimate of drug-likeness (QED) is 0.712. The molecular formula is C22H24F3N7O. The van der Waals surface area contributed by atoms with Crippen LogP contribution >= 0.6 is 0 Å². The first-order valence-electron chi connectivity index (χ1n) is 11.6. The second kappa shape index (κ2) is 6.04. The molecule has 1 spiro atoms. The van der Waals surface area contributed by atoms with E-state index in [1.54, 1.807) is 0 Å². The van der Waals surface area contributed by atoms with Crippen molar-refractivity contribution in [3.05, 3.63) is 29.7 Å². The Bertz CT molecular complexity index is 1110. The van der Waals surface area contributed by atoms with E-state index >= 15 is 0 Å². The van der Waals surface area contributed by atoms with E-state index in [1.807, 2.05) is 4.90 Å². The first-order chi connectivity index (χ1) is 15.7. The molecule has 11 heteroatoms. The summed E-state index contributed by atoms with van der Waals surface area (Å²) in [6.07, 6.45) is 3.97. The van der Waals surface area contributed by atoms with Crippen LogP contribution in [-0.4, -0.2) is 54.6 Å². The molecule has 2 N–H and O–H groups in total. The summed E-state index contributed by atoms with van der Waals surface area (Å²) in [5, 5.41) is 10.7. The van der Waals surface area contributed by atoms with Crippen LogP contribution in [0.15, 0.2) is 12.4 Å². The zero-order valence-corrected chi connectivity index (χ0v) is 18.0. The van der Waals surface area contributed by atoms with Crippen molar-refractivity contribution in [2.45, 2.75) is 68.5 Å². The van der Waals surface area contributed by atoms with Crippen molar-refractivity contribution in [3.63, 3.8) is 0 Å². The number of aromatic amines is 1. The van der Waals surface area contributed by atoms with Gasteiger partial charge in [-0.15, -0.1) is 0 Å². The van der Waals surface area contributed by atoms with Crippen LogP contribution in [0.3, 0.4) is 0 Å². The third-order valence-corrected chi connectivity index (χ3v) is 8.37. The number of hydrogen-bond donors (Lipinski definition) is 2. The third kappa shape index (κ3) is 2.93. The molecule has 33 heavy (non-hydrogen) atoms. The lowest BCUT2D eigenvalue weighted by molar-refractivity contribution is -0.196. The number of anilines is 1. The Kier molecular flexibility index (Phi) is 3.61. The van der Waals surface area contributed by atoms with Gasteiger partial charge < -0.3 is 10.2 Å². The van der Waals surface area contributed by atoms with Gasteiger partial charge in [0.05, 0.1) is 17.8 Å². The largest absolute Gasteiger partial charge is 0.434 e. The highest BCUT2D eigenvalue weighted by Gasteiger charge is 2.73. The number of hydrogen-bond acceptors (Lipinski definition) is 6. The summed E-state index contributed by atoms with van der Waals surface area (Å²) in [6.45, 7) is 1.64. The minimum Gasteiger partial charge on any atom is -0.363 e. The Hall–Kier alpha value is -2.72. The van der Waals surface area contributed by atoms with Gasteiger partial charge in [-0.05, 0) is 44.9 Å². The molecular weight excluding hydrogens is 435 g/mol. The zero-order valence-electron chi connectivity index (χ0n) is 18.0. The van der Waals surface area contributed by atoms with Crippen molar-refractivity contribution in [1.82, 2.24) is 30.0 Å². The number of nitrogens with zero attached hydrogens (tertiary/aromatic N) is 5. The molecule has 3 heterocycles. The average Bonchev–Trinajstić information content (AvgIpc) is 3.39. The van der Waals surface area contributed by atoms with Crippen molar-refractivity contribution in [2.75, 3.05) is 18.4 Å². The Morgan fingerprint density at radius 3 is 2.42 bits per heavy atom. The minimum absolute atomic E-state index is 0.231. The minimum atomic E-state index is -4.50. The number of nitrogens with one attached hydrogen (secondary N) is 2. The fraction of sp³-hybridized carbons (Fsp3) is 0.682. The van der Waals surface area contributed by atoms with Crippen LogP contribution in [-0.2, 0) is 11.0 Å². The van der Waals surface area contributed by atoms with Gasteiger partial charge in [-0.25, -0.2) is 15.0 Å². The van der Waals surface area contributed by atoms with Crippen LogP contribution in [0.25, 0.3) is 0 Å². The number of amides is 1. The normalized spacial score (nSPS) is 31.9. The van der Waals surface area contributed by atoms with E-state index in [1.165, 1.54) is 12.8 Å². The molecule has 1 saturated heterocycles. The summed E-state index contributed by atoms with van der Waals surface area (Å²) in [6, 6.07) is 0. The first kappa shape index (κ1) is 19.7. The molecule has 8 nitrogen and oxygen atoms in total. The molecule has 2 aromatic rings. The van der Waals surface area contributed by atoms with Gasteiger partial charge in [0.15, 0.2) is 11.5 Å². The lowest BCUT2D eigenvalue weighted by atomic mass is 9.38. The Labute approximate surface area is 187 Å². The number of carbonyl (C=O) groups excluding carboxylic acids is 1. The summed E-state index contributed by atoms with van der Waals surface area (Å²) < 4.78 is 37.9. The lowest BCUT2D eigenvalue weighted by Crippen LogP contribution is -2.78. The summed E-state index contributed by atoms with van der Waals surface area (Å²) >= 11 is 0. The van der Waals surface area contributed by atoms with Crippen LogP contribution in [0.5, 0.6) is 0 Å². The molecule has 2 bridgehead atoms. The van der Waals surface area contributed by atoms with Gasteiger partial charge in [-0.1, -0.05) is 0 Å². The molecule has 0 aromatic carbocycles. The summed E-state index contributed by atoms with van der Waals surface area (Å²) in [7, 11) is 0. The second-order valence-electron chi connectivity index (χ2n) is 11.1. The summed E-state index contributed by atoms with van der Waals surface area (Å²) in [4.78, 5) is 27.1. The number of alkyl halides is 3. The Balaban J connectivity index is 0.903. The van der Waals surface area contributed by atoms with E-state index in [2.05, 4.69) is 30.5 Å². The number of likely N-dealkylation sites (tertiary alicyclic amines) is 1. The summed E-state index contributed by atoms with van der Waals surface area (Å²) in [5.74, 6) is 3.50. The van der Waals surface area contributed by atoms with Gasteiger partial charge in [-0.2, -0.15) is 18.3 Å². The topological polar surface area (TPSA) is 99.7 Å². The molecule has 1 amide bonds. The maximum atomic E-state index is 13.1. The SMILES string of the molecule is O=C(N1CC2(CC(c3nc(C4CC4)n[nH]3)C2)C1)C12CC(Nc3cnc(C(F)(F)F)cn3)(C1)C2. The molecule has 1 aliphatic heterocycles. The number of carbonyl (C=O) groups is 1. The van der Waals surface area contributed by atoms with Crippen LogP contribution in [0.2, 0.25) is 0 Å². The fourth-order valence-corrected chi connectivity index (χ4v) is 6.63. The average molecular weight is 459 g/mol. The molecule has 0 radical (unpaired) electrons. The summed E-state index contributed by atoms with van der Waals surface area (Å²) in [5.41, 5.74) is -1.31. The van der Waals surface area contributed by atoms with Crippen molar-refractivity contribution >= 4 is 11.7 Å². The zero-order chi connectivity index (χ0) is 22.6. The van der Waals surface area contributed by atoms with Crippen molar-refractivity contribution in [1.29, 1.82) is 0 Å². The fourth-order valence-electron chi connectivity index (χ4n) is 6.63. The Morgan fingerprint density at radius 2 is 1.82 bits per heavy atom. The van der Waals surface area contributed by atoms with Gasteiger partial charge in [0, 0.05) is 35.9 Å². The maximum Gasteiger partial charge on any atom is 0.434 e. The van der Waals surface area contributed by atoms with Gasteiger partial charge >= 0.3 is 6.18 Å². The van der Waals surface area contributed by atoms with Gasteiger partial charge in [0.1, 0.15) is 11.6 Å². The van der Waals surface area contributed by atoms with E-state index in [0.717, 1.165) is 50.0 Å². The van der Waals surface area contributed by atoms with Crippen LogP contribution in [0.4, 0.5) is 19.0 Å². The predicted octanol–water partition coefficient (Wildman–Crippen LogP) is 3.23. The highest BCUT2D eigenvalue weighted by Crippen LogP contribution is 2.70. The standard InChI is InChI=1S/C22H24F3N7O/c23-22(24,25)14-5-27-15(6-26-14)29-21-7-20(8-21,9-21)18(33)32-10-19(11-32)3-13(4-19)17-28-16(30-31-17)12-1-2-12/h5-6,12-13H,1-4,7-11H2,(H,27,29)(H,28,30,31). The molecule has 5 saturated carbocycles. The van der Waals surface area contributed by atoms with E-state index in [-0.39, 0.29) is 22.3 Å². The highest BCUT2D eigenvalue weighted by atomic mass is 19.4.